The van der Waals surface area contributed by atoms with Crippen molar-refractivity contribution in [3.63, 3.8) is 0 Å². The number of aromatic carboxylic acids is 1. The van der Waals surface area contributed by atoms with Gasteiger partial charge in [-0.15, -0.1) is 11.3 Å². The Bertz CT molecular complexity index is 598. The second kappa shape index (κ2) is 5.72. The van der Waals surface area contributed by atoms with Gasteiger partial charge in [-0.1, -0.05) is 6.92 Å². The first-order valence-electron chi connectivity index (χ1n) is 5.46. The van der Waals surface area contributed by atoms with Crippen LogP contribution in [0.3, 0.4) is 0 Å². The van der Waals surface area contributed by atoms with Crippen molar-refractivity contribution in [2.45, 2.75) is 17.1 Å². The molecule has 0 aromatic carbocycles. The van der Waals surface area contributed by atoms with E-state index in [0.29, 0.717) is 16.9 Å². The highest BCUT2D eigenvalue weighted by molar-refractivity contribution is 9.11. The summed E-state index contributed by atoms with van der Waals surface area (Å²) >= 11 is 5.81. The second-order valence-electron chi connectivity index (χ2n) is 4.10. The Balaban J connectivity index is 2.36. The zero-order valence-electron chi connectivity index (χ0n) is 10.00. The molecule has 5 nitrogen and oxygen atoms in total. The lowest BCUT2D eigenvalue weighted by Gasteiger charge is -2.29. The van der Waals surface area contributed by atoms with Crippen LogP contribution in [0.2, 0.25) is 0 Å². The molecule has 0 saturated carbocycles. The van der Waals surface area contributed by atoms with Crippen LogP contribution in [0.25, 0.3) is 0 Å². The molecule has 1 saturated heterocycles. The third-order valence-corrected chi connectivity index (χ3v) is 7.93. The standard InChI is InChI=1S/C10H12BrNO4S3/c1-6-5-12(2-3-17-6)19(15,16)8-4-7(10(13)14)18-9(8)11/h4,6H,2-3,5H2,1H3,(H,13,14). The predicted molar refractivity (Wildman–Crippen MR) is 79.7 cm³/mol. The van der Waals surface area contributed by atoms with Gasteiger partial charge in [-0.3, -0.25) is 0 Å². The molecule has 2 heterocycles. The van der Waals surface area contributed by atoms with Gasteiger partial charge in [-0.25, -0.2) is 13.2 Å². The first-order valence-corrected chi connectivity index (χ1v) is 9.56. The molecule has 1 atom stereocenters. The maximum absolute atomic E-state index is 12.5. The molecule has 0 spiro atoms. The molecule has 0 aliphatic carbocycles. The van der Waals surface area contributed by atoms with Crippen molar-refractivity contribution in [3.05, 3.63) is 14.7 Å². The molecule has 1 aliphatic heterocycles. The molecular formula is C10H12BrNO4S3. The van der Waals surface area contributed by atoms with Gasteiger partial charge in [0.1, 0.15) is 9.77 Å². The predicted octanol–water partition coefficient (Wildman–Crippen LogP) is 2.33. The number of carbonyl (C=O) groups is 1. The number of hydrogen-bond acceptors (Lipinski definition) is 5. The van der Waals surface area contributed by atoms with Gasteiger partial charge >= 0.3 is 5.97 Å². The number of rotatable bonds is 3. The Morgan fingerprint density at radius 1 is 1.58 bits per heavy atom. The van der Waals surface area contributed by atoms with Crippen LogP contribution in [-0.4, -0.2) is 47.9 Å². The van der Waals surface area contributed by atoms with Crippen LogP contribution in [0.5, 0.6) is 0 Å². The summed E-state index contributed by atoms with van der Waals surface area (Å²) in [6, 6.07) is 1.22. The number of hydrogen-bond donors (Lipinski definition) is 1. The average Bonchev–Trinajstić information content (AvgIpc) is 2.72. The lowest BCUT2D eigenvalue weighted by molar-refractivity contribution is 0.0702. The van der Waals surface area contributed by atoms with E-state index >= 15 is 0 Å². The van der Waals surface area contributed by atoms with Crippen LogP contribution in [-0.2, 0) is 10.0 Å². The van der Waals surface area contributed by atoms with Crippen molar-refractivity contribution in [2.24, 2.45) is 0 Å². The monoisotopic (exact) mass is 385 g/mol. The Hall–Kier alpha value is -0.0900. The highest BCUT2D eigenvalue weighted by Crippen LogP contribution is 2.34. The zero-order chi connectivity index (χ0) is 14.2. The number of carboxylic acid groups (broad SMARTS) is 1. The summed E-state index contributed by atoms with van der Waals surface area (Å²) in [6.07, 6.45) is 0. The summed E-state index contributed by atoms with van der Waals surface area (Å²) in [7, 11) is -3.62. The molecule has 1 N–H and O–H groups in total. The highest BCUT2D eigenvalue weighted by Gasteiger charge is 2.32. The summed E-state index contributed by atoms with van der Waals surface area (Å²) in [5.41, 5.74) is 0. The number of thioether (sulfide) groups is 1. The van der Waals surface area contributed by atoms with Crippen molar-refractivity contribution in [3.8, 4) is 0 Å². The molecule has 9 heteroatoms. The topological polar surface area (TPSA) is 74.7 Å². The molecule has 0 amide bonds. The summed E-state index contributed by atoms with van der Waals surface area (Å²) < 4.78 is 26.7. The maximum atomic E-state index is 12.5. The van der Waals surface area contributed by atoms with Crippen molar-refractivity contribution in [1.29, 1.82) is 0 Å². The molecule has 0 bridgehead atoms. The summed E-state index contributed by atoms with van der Waals surface area (Å²) in [6.45, 7) is 2.90. The molecular weight excluding hydrogens is 374 g/mol. The fraction of sp³-hybridized carbons (Fsp3) is 0.500. The van der Waals surface area contributed by atoms with Crippen molar-refractivity contribution >= 4 is 55.0 Å². The van der Waals surface area contributed by atoms with Crippen LogP contribution in [0.1, 0.15) is 16.6 Å². The fourth-order valence-electron chi connectivity index (χ4n) is 1.78. The van der Waals surface area contributed by atoms with Gasteiger partial charge in [-0.2, -0.15) is 16.1 Å². The van der Waals surface area contributed by atoms with E-state index in [-0.39, 0.29) is 15.0 Å². The van der Waals surface area contributed by atoms with Crippen LogP contribution >= 0.6 is 39.0 Å². The number of nitrogens with zero attached hydrogens (tertiary/aromatic N) is 1. The lowest BCUT2D eigenvalue weighted by atomic mass is 10.4. The van der Waals surface area contributed by atoms with E-state index in [1.54, 1.807) is 11.8 Å². The van der Waals surface area contributed by atoms with Gasteiger partial charge in [0, 0.05) is 24.1 Å². The first kappa shape index (κ1) is 15.3. The van der Waals surface area contributed by atoms with E-state index in [9.17, 15) is 13.2 Å². The summed E-state index contributed by atoms with van der Waals surface area (Å²) in [5, 5.41) is 9.17. The van der Waals surface area contributed by atoms with Gasteiger partial charge in [-0.05, 0) is 22.0 Å². The van der Waals surface area contributed by atoms with Gasteiger partial charge < -0.3 is 5.11 Å². The van der Waals surface area contributed by atoms with Crippen molar-refractivity contribution in [1.82, 2.24) is 4.31 Å². The second-order valence-corrected chi connectivity index (χ2v) is 9.92. The average molecular weight is 386 g/mol. The van der Waals surface area contributed by atoms with E-state index in [2.05, 4.69) is 15.9 Å². The highest BCUT2D eigenvalue weighted by atomic mass is 79.9. The van der Waals surface area contributed by atoms with Crippen molar-refractivity contribution < 1.29 is 18.3 Å². The molecule has 1 aromatic rings. The molecule has 2 rings (SSSR count). The van der Waals surface area contributed by atoms with Crippen LogP contribution in [0.4, 0.5) is 0 Å². The smallest absolute Gasteiger partial charge is 0.345 e. The van der Waals surface area contributed by atoms with E-state index in [1.165, 1.54) is 10.4 Å². The number of sulfonamides is 1. The van der Waals surface area contributed by atoms with E-state index < -0.39 is 16.0 Å². The lowest BCUT2D eigenvalue weighted by Crippen LogP contribution is -2.40. The molecule has 1 aliphatic rings. The Labute approximate surface area is 128 Å². The van der Waals surface area contributed by atoms with E-state index in [4.69, 9.17) is 5.11 Å². The quantitative estimate of drug-likeness (QED) is 0.863. The van der Waals surface area contributed by atoms with Gasteiger partial charge in [0.15, 0.2) is 0 Å². The third kappa shape index (κ3) is 3.15. The van der Waals surface area contributed by atoms with Crippen molar-refractivity contribution in [2.75, 3.05) is 18.8 Å². The van der Waals surface area contributed by atoms with Gasteiger partial charge in [0.25, 0.3) is 0 Å². The minimum absolute atomic E-state index is 0.0184. The fourth-order valence-corrected chi connectivity index (χ4v) is 6.88. The first-order chi connectivity index (χ1) is 8.82. The minimum atomic E-state index is -3.62. The molecule has 1 unspecified atom stereocenters. The molecule has 106 valence electrons. The van der Waals surface area contributed by atoms with Gasteiger partial charge in [0.05, 0.1) is 3.79 Å². The summed E-state index contributed by atoms with van der Waals surface area (Å²) in [4.78, 5) is 11.0. The molecule has 1 fully saturated rings. The number of halogens is 1. The SMILES string of the molecule is CC1CN(S(=O)(=O)c2cc(C(=O)O)sc2Br)CCS1. The molecule has 19 heavy (non-hydrogen) atoms. The number of thiophene rings is 1. The van der Waals surface area contributed by atoms with Gasteiger partial charge in [0.2, 0.25) is 10.0 Å². The normalized spacial score (nSPS) is 21.5. The van der Waals surface area contributed by atoms with Crippen LogP contribution < -0.4 is 0 Å². The molecule has 0 radical (unpaired) electrons. The minimum Gasteiger partial charge on any atom is -0.477 e. The Morgan fingerprint density at radius 3 is 2.79 bits per heavy atom. The Morgan fingerprint density at radius 2 is 2.26 bits per heavy atom. The summed E-state index contributed by atoms with van der Waals surface area (Å²) in [5.74, 6) is -0.358. The zero-order valence-corrected chi connectivity index (χ0v) is 14.0. The largest absolute Gasteiger partial charge is 0.477 e. The van der Waals surface area contributed by atoms with Crippen LogP contribution in [0, 0.1) is 0 Å². The Kier molecular flexibility index (Phi) is 4.61. The van der Waals surface area contributed by atoms with E-state index in [0.717, 1.165) is 17.1 Å². The van der Waals surface area contributed by atoms with E-state index in [1.807, 2.05) is 6.92 Å². The maximum Gasteiger partial charge on any atom is 0.345 e. The molecule has 1 aromatic heterocycles. The van der Waals surface area contributed by atoms with Crippen LogP contribution in [0.15, 0.2) is 14.7 Å². The number of carboxylic acids is 1. The third-order valence-electron chi connectivity index (χ3n) is 2.69.